The van der Waals surface area contributed by atoms with E-state index in [1.807, 2.05) is 32.8 Å². The summed E-state index contributed by atoms with van der Waals surface area (Å²) in [5.41, 5.74) is -0.105. The maximum absolute atomic E-state index is 13.5. The molecule has 106 valence electrons. The largest absolute Gasteiger partial charge is 0.378 e. The highest BCUT2D eigenvalue weighted by atomic mass is 127. The Balaban J connectivity index is 3.01. The Labute approximate surface area is 125 Å². The molecule has 0 saturated carbocycles. The van der Waals surface area contributed by atoms with Gasteiger partial charge >= 0.3 is 0 Å². The number of nitro groups is 1. The Kier molecular flexibility index (Phi) is 5.08. The zero-order chi connectivity index (χ0) is 14.8. The summed E-state index contributed by atoms with van der Waals surface area (Å²) in [7, 11) is 3.84. The predicted octanol–water partition coefficient (Wildman–Crippen LogP) is 3.09. The van der Waals surface area contributed by atoms with Gasteiger partial charge in [0.2, 0.25) is 0 Å². The van der Waals surface area contributed by atoms with E-state index in [-0.39, 0.29) is 20.5 Å². The summed E-state index contributed by atoms with van der Waals surface area (Å²) in [5.74, 6) is -0.462. The van der Waals surface area contributed by atoms with Crippen molar-refractivity contribution in [3.8, 4) is 0 Å². The molecule has 0 radical (unpaired) electrons. The molecular formula is C12H17FIN3O2. The molecule has 1 aromatic rings. The number of benzene rings is 1. The van der Waals surface area contributed by atoms with Gasteiger partial charge in [0.25, 0.3) is 5.69 Å². The zero-order valence-electron chi connectivity index (χ0n) is 11.3. The van der Waals surface area contributed by atoms with Crippen LogP contribution >= 0.6 is 22.6 Å². The second-order valence-electron chi connectivity index (χ2n) is 5.10. The van der Waals surface area contributed by atoms with Gasteiger partial charge in [-0.1, -0.05) is 0 Å². The van der Waals surface area contributed by atoms with E-state index in [1.54, 1.807) is 22.6 Å². The van der Waals surface area contributed by atoms with Gasteiger partial charge in [0.1, 0.15) is 11.5 Å². The third-order valence-corrected chi connectivity index (χ3v) is 3.98. The summed E-state index contributed by atoms with van der Waals surface area (Å²) in [6.07, 6.45) is 0. The Morgan fingerprint density at radius 3 is 2.53 bits per heavy atom. The minimum Gasteiger partial charge on any atom is -0.378 e. The molecule has 0 aliphatic rings. The molecule has 0 aliphatic heterocycles. The average Bonchev–Trinajstić information content (AvgIpc) is 2.29. The smallest absolute Gasteiger partial charge is 0.293 e. The summed E-state index contributed by atoms with van der Waals surface area (Å²) >= 11 is 1.74. The van der Waals surface area contributed by atoms with Crippen LogP contribution in [0.2, 0.25) is 0 Å². The molecule has 1 rings (SSSR count). The molecular weight excluding hydrogens is 364 g/mol. The van der Waals surface area contributed by atoms with Crippen LogP contribution in [-0.4, -0.2) is 36.0 Å². The molecule has 0 amide bonds. The highest BCUT2D eigenvalue weighted by Crippen LogP contribution is 2.29. The standard InChI is InChI=1S/C12H17FIN3O2/c1-12(2,16(3)4)7-15-10-5-8(13)9(14)6-11(10)17(18)19/h5-6,15H,7H2,1-4H3. The van der Waals surface area contributed by atoms with Gasteiger partial charge in [0.05, 0.1) is 8.49 Å². The fourth-order valence-electron chi connectivity index (χ4n) is 1.30. The van der Waals surface area contributed by atoms with Crippen LogP contribution in [0.1, 0.15) is 13.8 Å². The first-order valence-electron chi connectivity index (χ1n) is 5.70. The quantitative estimate of drug-likeness (QED) is 0.484. The third kappa shape index (κ3) is 4.00. The first kappa shape index (κ1) is 16.1. The van der Waals surface area contributed by atoms with Gasteiger partial charge in [0.15, 0.2) is 0 Å². The molecule has 0 aliphatic carbocycles. The molecule has 0 saturated heterocycles. The number of nitro benzene ring substituents is 1. The molecule has 1 aromatic carbocycles. The number of nitrogens with one attached hydrogen (secondary N) is 1. The average molecular weight is 381 g/mol. The van der Waals surface area contributed by atoms with Gasteiger partial charge in [-0.2, -0.15) is 0 Å². The van der Waals surface area contributed by atoms with E-state index in [4.69, 9.17) is 0 Å². The molecule has 0 fully saturated rings. The number of rotatable bonds is 5. The predicted molar refractivity (Wildman–Crippen MR) is 82.0 cm³/mol. The van der Waals surface area contributed by atoms with Crippen molar-refractivity contribution in [2.45, 2.75) is 19.4 Å². The van der Waals surface area contributed by atoms with E-state index in [1.165, 1.54) is 12.1 Å². The summed E-state index contributed by atoms with van der Waals surface area (Å²) in [5, 5.41) is 13.9. The lowest BCUT2D eigenvalue weighted by atomic mass is 10.0. The molecule has 19 heavy (non-hydrogen) atoms. The number of hydrogen-bond acceptors (Lipinski definition) is 4. The lowest BCUT2D eigenvalue weighted by Gasteiger charge is -2.32. The van der Waals surface area contributed by atoms with Crippen molar-refractivity contribution in [3.63, 3.8) is 0 Å². The van der Waals surface area contributed by atoms with Gasteiger partial charge in [-0.25, -0.2) is 4.39 Å². The van der Waals surface area contributed by atoms with Crippen LogP contribution in [0.15, 0.2) is 12.1 Å². The molecule has 7 heteroatoms. The van der Waals surface area contributed by atoms with Crippen molar-refractivity contribution >= 4 is 34.0 Å². The summed E-state index contributed by atoms with van der Waals surface area (Å²) < 4.78 is 13.8. The summed E-state index contributed by atoms with van der Waals surface area (Å²) in [4.78, 5) is 12.5. The minimum absolute atomic E-state index is 0.111. The zero-order valence-corrected chi connectivity index (χ0v) is 13.5. The van der Waals surface area contributed by atoms with Crippen molar-refractivity contribution in [1.82, 2.24) is 4.90 Å². The van der Waals surface area contributed by atoms with E-state index in [2.05, 4.69) is 5.32 Å². The van der Waals surface area contributed by atoms with Gasteiger partial charge in [-0.3, -0.25) is 10.1 Å². The fraction of sp³-hybridized carbons (Fsp3) is 0.500. The Morgan fingerprint density at radius 1 is 1.47 bits per heavy atom. The first-order chi connectivity index (χ1) is 8.65. The van der Waals surface area contributed by atoms with Crippen LogP contribution in [0.5, 0.6) is 0 Å². The molecule has 0 aromatic heterocycles. The van der Waals surface area contributed by atoms with Crippen molar-refractivity contribution in [1.29, 1.82) is 0 Å². The van der Waals surface area contributed by atoms with Crippen LogP contribution in [-0.2, 0) is 0 Å². The number of anilines is 1. The molecule has 0 bridgehead atoms. The van der Waals surface area contributed by atoms with Crippen molar-refractivity contribution in [3.05, 3.63) is 31.6 Å². The van der Waals surface area contributed by atoms with E-state index in [0.717, 1.165) is 0 Å². The molecule has 1 N–H and O–H groups in total. The molecule has 0 heterocycles. The van der Waals surface area contributed by atoms with Crippen LogP contribution in [0, 0.1) is 19.5 Å². The Bertz CT molecular complexity index is 492. The maximum Gasteiger partial charge on any atom is 0.293 e. The summed E-state index contributed by atoms with van der Waals surface area (Å²) in [6.45, 7) is 4.46. The number of likely N-dealkylation sites (N-methyl/N-ethyl adjacent to an activating group) is 1. The second kappa shape index (κ2) is 6.00. The third-order valence-electron chi connectivity index (χ3n) is 3.16. The second-order valence-corrected chi connectivity index (χ2v) is 6.26. The van der Waals surface area contributed by atoms with Gasteiger partial charge in [0, 0.05) is 24.2 Å². The van der Waals surface area contributed by atoms with Crippen LogP contribution in [0.25, 0.3) is 0 Å². The topological polar surface area (TPSA) is 58.4 Å². The van der Waals surface area contributed by atoms with Crippen molar-refractivity contribution in [2.24, 2.45) is 0 Å². The van der Waals surface area contributed by atoms with Crippen molar-refractivity contribution < 1.29 is 9.31 Å². The van der Waals surface area contributed by atoms with Crippen LogP contribution in [0.4, 0.5) is 15.8 Å². The number of hydrogen-bond donors (Lipinski definition) is 1. The van der Waals surface area contributed by atoms with E-state index >= 15 is 0 Å². The normalized spacial score (nSPS) is 11.7. The van der Waals surface area contributed by atoms with Gasteiger partial charge in [-0.05, 0) is 50.5 Å². The lowest BCUT2D eigenvalue weighted by Crippen LogP contribution is -2.44. The number of nitrogens with zero attached hydrogens (tertiary/aromatic N) is 2. The molecule has 0 spiro atoms. The molecule has 0 unspecified atom stereocenters. The SMILES string of the molecule is CN(C)C(C)(C)CNc1cc(F)c(I)cc1[N+](=O)[O-]. The first-order valence-corrected chi connectivity index (χ1v) is 6.78. The molecule has 5 nitrogen and oxygen atoms in total. The highest BCUT2D eigenvalue weighted by Gasteiger charge is 2.23. The maximum atomic E-state index is 13.5. The van der Waals surface area contributed by atoms with E-state index in [9.17, 15) is 14.5 Å². The monoisotopic (exact) mass is 381 g/mol. The van der Waals surface area contributed by atoms with Gasteiger partial charge in [-0.15, -0.1) is 0 Å². The summed E-state index contributed by atoms with van der Waals surface area (Å²) in [6, 6.07) is 2.41. The van der Waals surface area contributed by atoms with E-state index < -0.39 is 10.7 Å². The van der Waals surface area contributed by atoms with Gasteiger partial charge < -0.3 is 10.2 Å². The highest BCUT2D eigenvalue weighted by molar-refractivity contribution is 14.1. The van der Waals surface area contributed by atoms with Crippen LogP contribution < -0.4 is 5.32 Å². The number of halogens is 2. The minimum atomic E-state index is -0.507. The Morgan fingerprint density at radius 2 is 2.05 bits per heavy atom. The van der Waals surface area contributed by atoms with E-state index in [0.29, 0.717) is 6.54 Å². The molecule has 0 atom stereocenters. The fourth-order valence-corrected chi connectivity index (χ4v) is 1.75. The Hall–Kier alpha value is -0.960. The lowest BCUT2D eigenvalue weighted by molar-refractivity contribution is -0.384. The van der Waals surface area contributed by atoms with Crippen molar-refractivity contribution in [2.75, 3.05) is 26.0 Å². The van der Waals surface area contributed by atoms with Crippen LogP contribution in [0.3, 0.4) is 0 Å².